The van der Waals surface area contributed by atoms with Crippen LogP contribution in [0.25, 0.3) is 0 Å². The average molecular weight is 288 g/mol. The Morgan fingerprint density at radius 3 is 2.89 bits per heavy atom. The normalized spacial score (nSPS) is 11.0. The summed E-state index contributed by atoms with van der Waals surface area (Å²) in [6.07, 6.45) is 0.751. The van der Waals surface area contributed by atoms with Crippen molar-refractivity contribution in [1.29, 1.82) is 0 Å². The summed E-state index contributed by atoms with van der Waals surface area (Å²) in [7, 11) is -3.42. The fourth-order valence-corrected chi connectivity index (χ4v) is 2.90. The van der Waals surface area contributed by atoms with Crippen molar-refractivity contribution < 1.29 is 13.5 Å². The third-order valence-electron chi connectivity index (χ3n) is 1.94. The molecule has 0 unspecified atom stereocenters. The van der Waals surface area contributed by atoms with E-state index in [1.807, 2.05) is 12.3 Å². The van der Waals surface area contributed by atoms with E-state index in [0.717, 1.165) is 16.9 Å². The zero-order chi connectivity index (χ0) is 13.4. The van der Waals surface area contributed by atoms with Gasteiger partial charge in [-0.3, -0.25) is 0 Å². The summed E-state index contributed by atoms with van der Waals surface area (Å²) in [5.74, 6) is 5.30. The first kappa shape index (κ1) is 15.1. The molecule has 1 aromatic rings. The number of rotatable bonds is 6. The summed E-state index contributed by atoms with van der Waals surface area (Å²) in [4.78, 5) is 0.874. The van der Waals surface area contributed by atoms with Gasteiger partial charge in [0.25, 0.3) is 10.2 Å². The number of thiophene rings is 1. The molecule has 7 heteroatoms. The largest absolute Gasteiger partial charge is 0.384 e. The minimum atomic E-state index is -3.42. The maximum atomic E-state index is 11.5. The number of hydrogen-bond donors (Lipinski definition) is 3. The molecule has 0 aliphatic rings. The number of aliphatic hydroxyl groups excluding tert-OH is 1. The van der Waals surface area contributed by atoms with Gasteiger partial charge in [-0.2, -0.15) is 13.1 Å². The van der Waals surface area contributed by atoms with Crippen molar-refractivity contribution in [1.82, 2.24) is 9.44 Å². The average Bonchev–Trinajstić information content (AvgIpc) is 2.80. The van der Waals surface area contributed by atoms with E-state index in [2.05, 4.69) is 21.3 Å². The highest BCUT2D eigenvalue weighted by Crippen LogP contribution is 2.13. The molecule has 18 heavy (non-hydrogen) atoms. The van der Waals surface area contributed by atoms with E-state index in [9.17, 15) is 8.42 Å². The first-order chi connectivity index (χ1) is 8.57. The Bertz CT molecular complexity index is 526. The van der Waals surface area contributed by atoms with Crippen LogP contribution in [0.2, 0.25) is 0 Å². The van der Waals surface area contributed by atoms with Crippen molar-refractivity contribution in [2.45, 2.75) is 19.9 Å². The van der Waals surface area contributed by atoms with Crippen molar-refractivity contribution in [3.05, 3.63) is 21.9 Å². The molecule has 0 atom stereocenters. The summed E-state index contributed by atoms with van der Waals surface area (Å²) in [5.41, 5.74) is 0.782. The molecule has 1 rings (SSSR count). The molecule has 5 nitrogen and oxygen atoms in total. The minimum absolute atomic E-state index is 0.182. The van der Waals surface area contributed by atoms with Gasteiger partial charge in [0.15, 0.2) is 0 Å². The Labute approximate surface area is 111 Å². The summed E-state index contributed by atoms with van der Waals surface area (Å²) in [5, 5.41) is 10.4. The van der Waals surface area contributed by atoms with E-state index >= 15 is 0 Å². The van der Waals surface area contributed by atoms with Crippen molar-refractivity contribution in [2.75, 3.05) is 13.2 Å². The topological polar surface area (TPSA) is 78.4 Å². The molecule has 0 radical (unpaired) electrons. The van der Waals surface area contributed by atoms with Gasteiger partial charge in [-0.05, 0) is 12.5 Å². The van der Waals surface area contributed by atoms with Crippen LogP contribution in [-0.2, 0) is 16.8 Å². The molecule has 0 bridgehead atoms. The van der Waals surface area contributed by atoms with E-state index in [1.165, 1.54) is 11.3 Å². The van der Waals surface area contributed by atoms with Gasteiger partial charge in [-0.25, -0.2) is 4.72 Å². The molecule has 0 spiro atoms. The molecule has 1 aromatic heterocycles. The maximum Gasteiger partial charge on any atom is 0.277 e. The predicted octanol–water partition coefficient (Wildman–Crippen LogP) is 0.426. The third kappa shape index (κ3) is 5.62. The number of aliphatic hydroxyl groups is 1. The zero-order valence-electron chi connectivity index (χ0n) is 10.1. The Morgan fingerprint density at radius 1 is 1.44 bits per heavy atom. The smallest absolute Gasteiger partial charge is 0.277 e. The van der Waals surface area contributed by atoms with Crippen LogP contribution < -0.4 is 9.44 Å². The molecule has 0 aromatic carbocycles. The SMILES string of the molecule is CCCNS(=O)(=O)NCc1cc(C#CCO)cs1. The van der Waals surface area contributed by atoms with E-state index in [-0.39, 0.29) is 13.2 Å². The van der Waals surface area contributed by atoms with Crippen LogP contribution in [0.4, 0.5) is 0 Å². The van der Waals surface area contributed by atoms with Gasteiger partial charge in [-0.15, -0.1) is 11.3 Å². The van der Waals surface area contributed by atoms with Crippen LogP contribution in [0.1, 0.15) is 23.8 Å². The van der Waals surface area contributed by atoms with Crippen molar-refractivity contribution in [3.8, 4) is 11.8 Å². The molecule has 1 heterocycles. The van der Waals surface area contributed by atoms with Crippen LogP contribution in [0.15, 0.2) is 11.4 Å². The van der Waals surface area contributed by atoms with Gasteiger partial charge in [0.2, 0.25) is 0 Å². The molecule has 3 N–H and O–H groups in total. The monoisotopic (exact) mass is 288 g/mol. The Balaban J connectivity index is 2.51. The molecule has 0 saturated carbocycles. The van der Waals surface area contributed by atoms with Crippen molar-refractivity contribution >= 4 is 21.5 Å². The maximum absolute atomic E-state index is 11.5. The van der Waals surface area contributed by atoms with E-state index < -0.39 is 10.2 Å². The first-order valence-electron chi connectivity index (χ1n) is 5.48. The van der Waals surface area contributed by atoms with Crippen LogP contribution in [0.5, 0.6) is 0 Å². The lowest BCUT2D eigenvalue weighted by molar-refractivity contribution is 0.350. The molecule has 0 aliphatic heterocycles. The van der Waals surface area contributed by atoms with Crippen LogP contribution in [0, 0.1) is 11.8 Å². The second-order valence-electron chi connectivity index (χ2n) is 3.48. The molecule has 0 aliphatic carbocycles. The molecule has 0 amide bonds. The highest BCUT2D eigenvalue weighted by atomic mass is 32.2. The lowest BCUT2D eigenvalue weighted by Gasteiger charge is -2.05. The standard InChI is InChI=1S/C11H16N2O3S2/c1-2-5-12-18(15,16)13-8-11-7-10(9-17-11)4-3-6-14/h7,9,12-14H,2,5-6,8H2,1H3. The van der Waals surface area contributed by atoms with Crippen molar-refractivity contribution in [3.63, 3.8) is 0 Å². The molecular formula is C11H16N2O3S2. The lowest BCUT2D eigenvalue weighted by atomic mass is 10.3. The molecular weight excluding hydrogens is 272 g/mol. The summed E-state index contributed by atoms with van der Waals surface area (Å²) in [6.45, 7) is 2.38. The van der Waals surface area contributed by atoms with E-state index in [0.29, 0.717) is 6.54 Å². The number of nitrogens with one attached hydrogen (secondary N) is 2. The second kappa shape index (κ2) is 7.51. The van der Waals surface area contributed by atoms with Gasteiger partial charge in [-0.1, -0.05) is 18.8 Å². The predicted molar refractivity (Wildman–Crippen MR) is 72.3 cm³/mol. The molecule has 0 fully saturated rings. The summed E-state index contributed by atoms with van der Waals surface area (Å²) >= 11 is 1.43. The Morgan fingerprint density at radius 2 is 2.22 bits per heavy atom. The number of hydrogen-bond acceptors (Lipinski definition) is 4. The van der Waals surface area contributed by atoms with E-state index in [1.54, 1.807) is 6.07 Å². The molecule has 100 valence electrons. The summed E-state index contributed by atoms with van der Waals surface area (Å²) < 4.78 is 27.8. The molecule has 0 saturated heterocycles. The zero-order valence-corrected chi connectivity index (χ0v) is 11.7. The quantitative estimate of drug-likeness (QED) is 0.664. The van der Waals surface area contributed by atoms with Crippen molar-refractivity contribution in [2.24, 2.45) is 0 Å². The third-order valence-corrected chi connectivity index (χ3v) is 3.99. The first-order valence-corrected chi connectivity index (χ1v) is 7.85. The lowest BCUT2D eigenvalue weighted by Crippen LogP contribution is -2.36. The van der Waals surface area contributed by atoms with Gasteiger partial charge in [0.05, 0.1) is 0 Å². The van der Waals surface area contributed by atoms with Crippen LogP contribution in [0.3, 0.4) is 0 Å². The highest BCUT2D eigenvalue weighted by molar-refractivity contribution is 7.87. The van der Waals surface area contributed by atoms with E-state index in [4.69, 9.17) is 5.11 Å². The van der Waals surface area contributed by atoms with Gasteiger partial charge >= 0.3 is 0 Å². The van der Waals surface area contributed by atoms with Gasteiger partial charge in [0, 0.05) is 28.9 Å². The minimum Gasteiger partial charge on any atom is -0.384 e. The Kier molecular flexibility index (Phi) is 6.32. The Hall–Kier alpha value is -0.910. The fourth-order valence-electron chi connectivity index (χ4n) is 1.13. The van der Waals surface area contributed by atoms with Gasteiger partial charge in [0.1, 0.15) is 6.61 Å². The highest BCUT2D eigenvalue weighted by Gasteiger charge is 2.08. The van der Waals surface area contributed by atoms with Gasteiger partial charge < -0.3 is 5.11 Å². The van der Waals surface area contributed by atoms with Crippen LogP contribution >= 0.6 is 11.3 Å². The summed E-state index contributed by atoms with van der Waals surface area (Å²) in [6, 6.07) is 1.80. The second-order valence-corrected chi connectivity index (χ2v) is 6.06. The fraction of sp³-hybridized carbons (Fsp3) is 0.455. The van der Waals surface area contributed by atoms with Crippen LogP contribution in [-0.4, -0.2) is 26.7 Å².